The van der Waals surface area contributed by atoms with Crippen molar-refractivity contribution in [2.75, 3.05) is 19.7 Å². The van der Waals surface area contributed by atoms with Crippen LogP contribution in [-0.4, -0.2) is 37.7 Å². The van der Waals surface area contributed by atoms with E-state index in [9.17, 15) is 4.79 Å². The average Bonchev–Trinajstić information content (AvgIpc) is 2.38. The molecule has 1 saturated heterocycles. The van der Waals surface area contributed by atoms with E-state index in [0.29, 0.717) is 0 Å². The Bertz CT molecular complexity index is 298. The van der Waals surface area contributed by atoms with Gasteiger partial charge in [0, 0.05) is 24.6 Å². The van der Waals surface area contributed by atoms with Crippen LogP contribution < -0.4 is 10.6 Å². The third kappa shape index (κ3) is 2.69. The summed E-state index contributed by atoms with van der Waals surface area (Å²) in [6.45, 7) is 9.01. The van der Waals surface area contributed by atoms with Gasteiger partial charge in [0.15, 0.2) is 0 Å². The molecular weight excluding hydrogens is 228 g/mol. The Morgan fingerprint density at radius 1 is 1.50 bits per heavy atom. The van der Waals surface area contributed by atoms with Crippen molar-refractivity contribution in [1.29, 1.82) is 0 Å². The maximum Gasteiger partial charge on any atom is 0.224 e. The van der Waals surface area contributed by atoms with E-state index in [1.165, 1.54) is 0 Å². The highest BCUT2D eigenvalue weighted by molar-refractivity contribution is 5.79. The predicted molar refractivity (Wildman–Crippen MR) is 71.3 cm³/mol. The van der Waals surface area contributed by atoms with Crippen LogP contribution >= 0.6 is 0 Å². The summed E-state index contributed by atoms with van der Waals surface area (Å²) < 4.78 is 5.69. The van der Waals surface area contributed by atoms with Crippen molar-refractivity contribution < 1.29 is 9.53 Å². The SMILES string of the molecule is CCOC1CC(NC(=O)[C@@H]2CCCNC2)C1(C)C. The predicted octanol–water partition coefficient (Wildman–Crippen LogP) is 1.31. The molecule has 0 aromatic carbocycles. The molecule has 0 spiro atoms. The topological polar surface area (TPSA) is 50.4 Å². The van der Waals surface area contributed by atoms with Gasteiger partial charge >= 0.3 is 0 Å². The summed E-state index contributed by atoms with van der Waals surface area (Å²) in [6.07, 6.45) is 3.36. The Morgan fingerprint density at radius 3 is 2.83 bits per heavy atom. The minimum Gasteiger partial charge on any atom is -0.378 e. The lowest BCUT2D eigenvalue weighted by molar-refractivity contribution is -0.140. The molecule has 0 aromatic rings. The second-order valence-corrected chi connectivity index (χ2v) is 6.11. The minimum absolute atomic E-state index is 0.0633. The molecular formula is C14H26N2O2. The molecule has 1 aliphatic heterocycles. The third-order valence-electron chi connectivity index (χ3n) is 4.53. The molecule has 1 heterocycles. The van der Waals surface area contributed by atoms with Crippen LogP contribution in [0.15, 0.2) is 0 Å². The quantitative estimate of drug-likeness (QED) is 0.795. The maximum absolute atomic E-state index is 12.2. The van der Waals surface area contributed by atoms with Crippen molar-refractivity contribution >= 4 is 5.91 Å². The summed E-state index contributed by atoms with van der Waals surface area (Å²) in [5.41, 5.74) is 0.0633. The number of ether oxygens (including phenoxy) is 1. The number of amides is 1. The van der Waals surface area contributed by atoms with Crippen LogP contribution in [0.2, 0.25) is 0 Å². The highest BCUT2D eigenvalue weighted by atomic mass is 16.5. The lowest BCUT2D eigenvalue weighted by Crippen LogP contribution is -2.63. The Balaban J connectivity index is 1.81. The molecule has 2 unspecified atom stereocenters. The molecule has 2 rings (SSSR count). The molecule has 1 aliphatic carbocycles. The number of hydrogen-bond donors (Lipinski definition) is 2. The van der Waals surface area contributed by atoms with E-state index in [1.54, 1.807) is 0 Å². The maximum atomic E-state index is 12.2. The van der Waals surface area contributed by atoms with Crippen molar-refractivity contribution in [2.45, 2.75) is 52.2 Å². The molecule has 2 aliphatic rings. The van der Waals surface area contributed by atoms with Crippen molar-refractivity contribution in [1.82, 2.24) is 10.6 Å². The third-order valence-corrected chi connectivity index (χ3v) is 4.53. The van der Waals surface area contributed by atoms with Gasteiger partial charge in [-0.3, -0.25) is 4.79 Å². The fraction of sp³-hybridized carbons (Fsp3) is 0.929. The molecule has 1 amide bonds. The molecule has 104 valence electrons. The van der Waals surface area contributed by atoms with Crippen LogP contribution in [0.4, 0.5) is 0 Å². The Morgan fingerprint density at radius 2 is 2.28 bits per heavy atom. The van der Waals surface area contributed by atoms with Crippen LogP contribution in [0.1, 0.15) is 40.0 Å². The first-order valence-corrected chi connectivity index (χ1v) is 7.18. The van der Waals surface area contributed by atoms with E-state index in [2.05, 4.69) is 24.5 Å². The van der Waals surface area contributed by atoms with Gasteiger partial charge in [0.2, 0.25) is 5.91 Å². The number of piperidine rings is 1. The fourth-order valence-electron chi connectivity index (χ4n) is 2.98. The van der Waals surface area contributed by atoms with Gasteiger partial charge in [0.25, 0.3) is 0 Å². The summed E-state index contributed by atoms with van der Waals surface area (Å²) >= 11 is 0. The van der Waals surface area contributed by atoms with E-state index in [1.807, 2.05) is 6.92 Å². The van der Waals surface area contributed by atoms with Gasteiger partial charge in [-0.1, -0.05) is 13.8 Å². The number of nitrogens with one attached hydrogen (secondary N) is 2. The number of rotatable bonds is 4. The molecule has 0 aromatic heterocycles. The van der Waals surface area contributed by atoms with Crippen LogP contribution in [0.25, 0.3) is 0 Å². The molecule has 18 heavy (non-hydrogen) atoms. The van der Waals surface area contributed by atoms with Crippen LogP contribution in [0, 0.1) is 11.3 Å². The largest absolute Gasteiger partial charge is 0.378 e. The fourth-order valence-corrected chi connectivity index (χ4v) is 2.98. The molecule has 4 heteroatoms. The first-order chi connectivity index (χ1) is 8.55. The standard InChI is InChI=1S/C14H26N2O2/c1-4-18-12-8-11(14(12,2)3)16-13(17)10-6-5-7-15-9-10/h10-12,15H,4-9H2,1-3H3,(H,16,17)/t10-,11?,12?/m1/s1. The van der Waals surface area contributed by atoms with Gasteiger partial charge in [-0.2, -0.15) is 0 Å². The van der Waals surface area contributed by atoms with E-state index in [-0.39, 0.29) is 29.4 Å². The summed E-state index contributed by atoms with van der Waals surface area (Å²) in [7, 11) is 0. The summed E-state index contributed by atoms with van der Waals surface area (Å²) in [5.74, 6) is 0.371. The molecule has 0 radical (unpaired) electrons. The lowest BCUT2D eigenvalue weighted by Gasteiger charge is -2.52. The summed E-state index contributed by atoms with van der Waals surface area (Å²) in [5, 5.41) is 6.50. The average molecular weight is 254 g/mol. The van der Waals surface area contributed by atoms with Crippen LogP contribution in [0.3, 0.4) is 0 Å². The van der Waals surface area contributed by atoms with Gasteiger partial charge in [-0.05, 0) is 32.7 Å². The minimum atomic E-state index is 0.0633. The van der Waals surface area contributed by atoms with Crippen LogP contribution in [0.5, 0.6) is 0 Å². The second kappa shape index (κ2) is 5.57. The smallest absolute Gasteiger partial charge is 0.224 e. The van der Waals surface area contributed by atoms with E-state index in [0.717, 1.165) is 39.0 Å². The van der Waals surface area contributed by atoms with Gasteiger partial charge in [-0.15, -0.1) is 0 Å². The molecule has 2 N–H and O–H groups in total. The Labute approximate surface area is 110 Å². The van der Waals surface area contributed by atoms with Gasteiger partial charge in [0.05, 0.1) is 12.0 Å². The highest BCUT2D eigenvalue weighted by Gasteiger charge is 2.49. The Kier molecular flexibility index (Phi) is 4.28. The van der Waals surface area contributed by atoms with Crippen LogP contribution in [-0.2, 0) is 9.53 Å². The van der Waals surface area contributed by atoms with E-state index < -0.39 is 0 Å². The number of carbonyl (C=O) groups is 1. The molecule has 0 bridgehead atoms. The van der Waals surface area contributed by atoms with Gasteiger partial charge in [0.1, 0.15) is 0 Å². The number of hydrogen-bond acceptors (Lipinski definition) is 3. The number of carbonyl (C=O) groups excluding carboxylic acids is 1. The summed E-state index contributed by atoms with van der Waals surface area (Å²) in [6, 6.07) is 0.267. The normalized spacial score (nSPS) is 34.7. The van der Waals surface area contributed by atoms with Gasteiger partial charge < -0.3 is 15.4 Å². The highest BCUT2D eigenvalue weighted by Crippen LogP contribution is 2.42. The molecule has 4 nitrogen and oxygen atoms in total. The first kappa shape index (κ1) is 13.8. The van der Waals surface area contributed by atoms with Crippen molar-refractivity contribution in [2.24, 2.45) is 11.3 Å². The summed E-state index contributed by atoms with van der Waals surface area (Å²) in [4.78, 5) is 12.2. The monoisotopic (exact) mass is 254 g/mol. The van der Waals surface area contributed by atoms with E-state index in [4.69, 9.17) is 4.74 Å². The molecule has 2 fully saturated rings. The zero-order valence-corrected chi connectivity index (χ0v) is 11.8. The molecule has 3 atom stereocenters. The van der Waals surface area contributed by atoms with Gasteiger partial charge in [-0.25, -0.2) is 0 Å². The van der Waals surface area contributed by atoms with Crippen molar-refractivity contribution in [3.05, 3.63) is 0 Å². The zero-order valence-electron chi connectivity index (χ0n) is 11.8. The van der Waals surface area contributed by atoms with Crippen molar-refractivity contribution in [3.8, 4) is 0 Å². The second-order valence-electron chi connectivity index (χ2n) is 6.11. The zero-order chi connectivity index (χ0) is 13.2. The lowest BCUT2D eigenvalue weighted by atomic mass is 9.64. The van der Waals surface area contributed by atoms with E-state index >= 15 is 0 Å². The first-order valence-electron chi connectivity index (χ1n) is 7.18. The molecule has 1 saturated carbocycles. The Hall–Kier alpha value is -0.610. The van der Waals surface area contributed by atoms with Crippen molar-refractivity contribution in [3.63, 3.8) is 0 Å².